The summed E-state index contributed by atoms with van der Waals surface area (Å²) in [4.78, 5) is 0. The van der Waals surface area contributed by atoms with Crippen LogP contribution in [-0.2, 0) is 12.8 Å². The van der Waals surface area contributed by atoms with Crippen LogP contribution >= 0.6 is 0 Å². The molecular formula is C25H25F2N. The molecular weight excluding hydrogens is 352 g/mol. The molecule has 0 bridgehead atoms. The Bertz CT molecular complexity index is 942. The molecule has 0 N–H and O–H groups in total. The molecule has 2 aromatic carbocycles. The number of nitrogens with zero attached hydrogens (tertiary/aromatic N) is 1. The van der Waals surface area contributed by atoms with Crippen molar-refractivity contribution in [2.24, 2.45) is 5.92 Å². The number of benzene rings is 2. The van der Waals surface area contributed by atoms with E-state index in [1.807, 2.05) is 6.08 Å². The van der Waals surface area contributed by atoms with E-state index in [0.29, 0.717) is 29.9 Å². The molecule has 0 amide bonds. The van der Waals surface area contributed by atoms with Crippen LogP contribution < -0.4 is 0 Å². The second-order valence-electron chi connectivity index (χ2n) is 8.16. The first kappa shape index (κ1) is 18.9. The SMILES string of the molecule is CCC1CCC(c2ccc(C3=CCc4c(cc(F)c(C#N)c4F)C3)cc2)CC1. The molecule has 0 aromatic heterocycles. The minimum Gasteiger partial charge on any atom is -0.205 e. The summed E-state index contributed by atoms with van der Waals surface area (Å²) in [6, 6.07) is 11.7. The van der Waals surface area contributed by atoms with Crippen molar-refractivity contribution < 1.29 is 8.78 Å². The number of allylic oxidation sites excluding steroid dienone is 2. The zero-order valence-electron chi connectivity index (χ0n) is 16.3. The third-order valence-corrected chi connectivity index (χ3v) is 6.63. The van der Waals surface area contributed by atoms with E-state index in [4.69, 9.17) is 5.26 Å². The first-order chi connectivity index (χ1) is 13.6. The van der Waals surface area contributed by atoms with E-state index >= 15 is 0 Å². The topological polar surface area (TPSA) is 23.8 Å². The van der Waals surface area contributed by atoms with Crippen LogP contribution in [0.4, 0.5) is 8.78 Å². The third kappa shape index (κ3) is 3.49. The number of hydrogen-bond donors (Lipinski definition) is 0. The zero-order valence-corrected chi connectivity index (χ0v) is 16.3. The van der Waals surface area contributed by atoms with Crippen molar-refractivity contribution in [2.75, 3.05) is 0 Å². The number of halogens is 2. The highest BCUT2D eigenvalue weighted by Gasteiger charge is 2.23. The van der Waals surface area contributed by atoms with Gasteiger partial charge in [-0.25, -0.2) is 8.78 Å². The summed E-state index contributed by atoms with van der Waals surface area (Å²) in [6.07, 6.45) is 9.38. The molecule has 0 atom stereocenters. The van der Waals surface area contributed by atoms with Gasteiger partial charge in [0, 0.05) is 0 Å². The van der Waals surface area contributed by atoms with Gasteiger partial charge in [-0.2, -0.15) is 5.26 Å². The number of hydrogen-bond acceptors (Lipinski definition) is 1. The van der Waals surface area contributed by atoms with Gasteiger partial charge in [-0.05, 0) is 84.3 Å². The number of rotatable bonds is 3. The van der Waals surface area contributed by atoms with E-state index in [2.05, 4.69) is 31.2 Å². The maximum Gasteiger partial charge on any atom is 0.147 e. The van der Waals surface area contributed by atoms with Crippen LogP contribution in [0.1, 0.15) is 72.8 Å². The molecule has 0 saturated heterocycles. The third-order valence-electron chi connectivity index (χ3n) is 6.63. The van der Waals surface area contributed by atoms with Crippen LogP contribution in [0.5, 0.6) is 0 Å². The number of fused-ring (bicyclic) bond motifs is 1. The van der Waals surface area contributed by atoms with Crippen LogP contribution in [0, 0.1) is 28.9 Å². The van der Waals surface area contributed by atoms with Gasteiger partial charge >= 0.3 is 0 Å². The minimum atomic E-state index is -0.766. The van der Waals surface area contributed by atoms with Crippen LogP contribution in [0.15, 0.2) is 36.4 Å². The fraction of sp³-hybridized carbons (Fsp3) is 0.400. The highest BCUT2D eigenvalue weighted by atomic mass is 19.1. The van der Waals surface area contributed by atoms with Crippen LogP contribution in [0.25, 0.3) is 5.57 Å². The van der Waals surface area contributed by atoms with Crippen molar-refractivity contribution in [2.45, 2.75) is 57.8 Å². The average Bonchev–Trinajstić information content (AvgIpc) is 2.74. The molecule has 2 aliphatic carbocycles. The van der Waals surface area contributed by atoms with Crippen molar-refractivity contribution >= 4 is 5.57 Å². The maximum atomic E-state index is 14.4. The van der Waals surface area contributed by atoms with Crippen molar-refractivity contribution in [1.29, 1.82) is 5.26 Å². The van der Waals surface area contributed by atoms with E-state index in [1.54, 1.807) is 6.07 Å². The summed E-state index contributed by atoms with van der Waals surface area (Å²) in [5.74, 6) is 0.0830. The van der Waals surface area contributed by atoms with Crippen LogP contribution in [-0.4, -0.2) is 0 Å². The lowest BCUT2D eigenvalue weighted by Crippen LogP contribution is -2.12. The van der Waals surface area contributed by atoms with E-state index in [-0.39, 0.29) is 0 Å². The Kier molecular flexibility index (Phi) is 5.31. The second kappa shape index (κ2) is 7.87. The van der Waals surface area contributed by atoms with Gasteiger partial charge in [0.05, 0.1) is 0 Å². The lowest BCUT2D eigenvalue weighted by atomic mass is 9.77. The molecule has 1 saturated carbocycles. The molecule has 3 heteroatoms. The van der Waals surface area contributed by atoms with Gasteiger partial charge in [-0.1, -0.05) is 43.7 Å². The van der Waals surface area contributed by atoms with Crippen molar-refractivity contribution in [3.05, 3.63) is 75.9 Å². The standard InChI is InChI=1S/C25H25F2N/c1-2-16-3-5-17(6-4-16)18-7-9-19(10-8-18)20-11-12-22-21(13-20)14-24(26)23(15-28)25(22)27/h7-11,14,16-17H,2-6,12-13H2,1H3. The molecule has 0 unspecified atom stereocenters. The first-order valence-electron chi connectivity index (χ1n) is 10.3. The Morgan fingerprint density at radius 1 is 1.07 bits per heavy atom. The Balaban J connectivity index is 1.51. The smallest absolute Gasteiger partial charge is 0.147 e. The van der Waals surface area contributed by atoms with E-state index in [0.717, 1.165) is 17.1 Å². The first-order valence-corrected chi connectivity index (χ1v) is 10.3. The summed E-state index contributed by atoms with van der Waals surface area (Å²) in [5, 5.41) is 8.95. The molecule has 1 fully saturated rings. The molecule has 1 nitrogen and oxygen atoms in total. The van der Waals surface area contributed by atoms with Gasteiger partial charge in [0.25, 0.3) is 0 Å². The molecule has 4 rings (SSSR count). The molecule has 2 aromatic rings. The van der Waals surface area contributed by atoms with Gasteiger partial charge in [0.2, 0.25) is 0 Å². The van der Waals surface area contributed by atoms with Gasteiger partial charge in [-0.15, -0.1) is 0 Å². The Labute approximate surface area is 165 Å². The molecule has 144 valence electrons. The fourth-order valence-electron chi connectivity index (χ4n) is 4.79. The summed E-state index contributed by atoms with van der Waals surface area (Å²) in [5.41, 5.74) is 4.24. The Morgan fingerprint density at radius 3 is 2.43 bits per heavy atom. The summed E-state index contributed by atoms with van der Waals surface area (Å²) >= 11 is 0. The largest absolute Gasteiger partial charge is 0.205 e. The molecule has 0 radical (unpaired) electrons. The van der Waals surface area contributed by atoms with E-state index in [9.17, 15) is 8.78 Å². The molecule has 0 heterocycles. The lowest BCUT2D eigenvalue weighted by molar-refractivity contribution is 0.319. The van der Waals surface area contributed by atoms with Crippen molar-refractivity contribution in [3.8, 4) is 6.07 Å². The summed E-state index contributed by atoms with van der Waals surface area (Å²) < 4.78 is 28.4. The molecule has 0 aliphatic heterocycles. The number of nitriles is 1. The van der Waals surface area contributed by atoms with E-state index < -0.39 is 17.2 Å². The van der Waals surface area contributed by atoms with Gasteiger partial charge in [0.1, 0.15) is 23.3 Å². The predicted molar refractivity (Wildman–Crippen MR) is 108 cm³/mol. The van der Waals surface area contributed by atoms with Gasteiger partial charge in [-0.3, -0.25) is 0 Å². The zero-order chi connectivity index (χ0) is 19.7. The van der Waals surface area contributed by atoms with Gasteiger partial charge in [0.15, 0.2) is 0 Å². The predicted octanol–water partition coefficient (Wildman–Crippen LogP) is 6.70. The van der Waals surface area contributed by atoms with E-state index in [1.165, 1.54) is 43.7 Å². The minimum absolute atomic E-state index is 0.397. The summed E-state index contributed by atoms with van der Waals surface area (Å²) in [7, 11) is 0. The quantitative estimate of drug-likeness (QED) is 0.584. The Morgan fingerprint density at radius 2 is 1.79 bits per heavy atom. The molecule has 0 spiro atoms. The van der Waals surface area contributed by atoms with Crippen molar-refractivity contribution in [1.82, 2.24) is 0 Å². The fourth-order valence-corrected chi connectivity index (χ4v) is 4.79. The summed E-state index contributed by atoms with van der Waals surface area (Å²) in [6.45, 7) is 2.29. The van der Waals surface area contributed by atoms with Crippen LogP contribution in [0.3, 0.4) is 0 Å². The molecule has 28 heavy (non-hydrogen) atoms. The molecule has 2 aliphatic rings. The highest BCUT2D eigenvalue weighted by molar-refractivity contribution is 5.71. The highest BCUT2D eigenvalue weighted by Crippen LogP contribution is 2.38. The average molecular weight is 377 g/mol. The van der Waals surface area contributed by atoms with Gasteiger partial charge < -0.3 is 0 Å². The van der Waals surface area contributed by atoms with Crippen molar-refractivity contribution in [3.63, 3.8) is 0 Å². The van der Waals surface area contributed by atoms with Crippen LogP contribution in [0.2, 0.25) is 0 Å². The Hall–Kier alpha value is -2.47. The monoisotopic (exact) mass is 377 g/mol. The lowest BCUT2D eigenvalue weighted by Gasteiger charge is -2.28. The maximum absolute atomic E-state index is 14.4. The normalized spacial score (nSPS) is 21.6. The second-order valence-corrected chi connectivity index (χ2v) is 8.16.